The van der Waals surface area contributed by atoms with Gasteiger partial charge < -0.3 is 21.3 Å². The summed E-state index contributed by atoms with van der Waals surface area (Å²) in [6.07, 6.45) is 6.62. The molecule has 4 aromatic heterocycles. The largest absolute Gasteiger partial charge is 0.367 e. The molecule has 0 bridgehead atoms. The van der Waals surface area contributed by atoms with Crippen LogP contribution in [-0.4, -0.2) is 58.2 Å². The number of nitrogens with zero attached hydrogens (tertiary/aromatic N) is 4. The van der Waals surface area contributed by atoms with Crippen molar-refractivity contribution in [2.24, 2.45) is 0 Å². The highest BCUT2D eigenvalue weighted by atomic mass is 35.5. The maximum Gasteiger partial charge on any atom is 0.135 e. The smallest absolute Gasteiger partial charge is 0.135 e. The van der Waals surface area contributed by atoms with Crippen LogP contribution in [-0.2, 0) is 0 Å². The van der Waals surface area contributed by atoms with Gasteiger partial charge in [0.2, 0.25) is 0 Å². The molecule has 4 aromatic carbocycles. The van der Waals surface area contributed by atoms with Gasteiger partial charge in [-0.3, -0.25) is 9.97 Å². The van der Waals surface area contributed by atoms with E-state index in [2.05, 4.69) is 36.2 Å². The second-order valence-corrected chi connectivity index (χ2v) is 16.8. The lowest BCUT2D eigenvalue weighted by molar-refractivity contribution is 0.478. The molecule has 0 radical (unpaired) electrons. The van der Waals surface area contributed by atoms with Gasteiger partial charge in [0.05, 0.1) is 32.3 Å². The van der Waals surface area contributed by atoms with Crippen molar-refractivity contribution in [2.75, 3.05) is 36.8 Å². The number of hydrogen-bond acceptors (Lipinski definition) is 8. The number of benzene rings is 4. The third kappa shape index (κ3) is 9.50. The average molecular weight is 938 g/mol. The van der Waals surface area contributed by atoms with Gasteiger partial charge in [-0.05, 0) is 136 Å². The summed E-state index contributed by atoms with van der Waals surface area (Å²) < 4.78 is 86.1. The van der Waals surface area contributed by atoms with Gasteiger partial charge in [0.1, 0.15) is 52.2 Å². The van der Waals surface area contributed by atoms with Gasteiger partial charge >= 0.3 is 0 Å². The SMILES string of the molecule is Fc1ccc(-c2cc(NC3CCNCC3)nc3c(-c4c(Cl)cccc4Cl)nccc23)c(F)c1.Fc1ccc(-c2cc(NC3CCNCC3)nc3c(-c4c(F)cccc4F)nccc23)c(F)c1. The van der Waals surface area contributed by atoms with Gasteiger partial charge in [0.15, 0.2) is 0 Å². The molecule has 8 nitrogen and oxygen atoms in total. The predicted molar refractivity (Wildman–Crippen MR) is 250 cm³/mol. The summed E-state index contributed by atoms with van der Waals surface area (Å²) >= 11 is 13.0. The highest BCUT2D eigenvalue weighted by Gasteiger charge is 2.23. The van der Waals surface area contributed by atoms with Crippen LogP contribution in [0.15, 0.2) is 109 Å². The molecule has 0 amide bonds. The Hall–Kier alpha value is -6.32. The molecule has 0 saturated carbocycles. The van der Waals surface area contributed by atoms with E-state index in [4.69, 9.17) is 28.2 Å². The van der Waals surface area contributed by atoms with Crippen LogP contribution in [0.4, 0.5) is 38.0 Å². The van der Waals surface area contributed by atoms with E-state index < -0.39 is 34.9 Å². The molecule has 0 aliphatic carbocycles. The molecule has 2 saturated heterocycles. The van der Waals surface area contributed by atoms with Crippen LogP contribution in [0, 0.1) is 34.9 Å². The Morgan fingerprint density at radius 2 is 0.894 bits per heavy atom. The first kappa shape index (κ1) is 44.9. The highest BCUT2D eigenvalue weighted by molar-refractivity contribution is 6.39. The van der Waals surface area contributed by atoms with E-state index in [1.165, 1.54) is 36.5 Å². The lowest BCUT2D eigenvalue weighted by Crippen LogP contribution is -2.35. The second kappa shape index (κ2) is 19.6. The summed E-state index contributed by atoms with van der Waals surface area (Å²) in [5.74, 6) is -3.25. The fourth-order valence-corrected chi connectivity index (χ4v) is 9.05. The third-order valence-electron chi connectivity index (χ3n) is 11.7. The molecular weight excluding hydrogens is 897 g/mol. The molecule has 2 aliphatic rings. The maximum absolute atomic E-state index is 14.9. The number of piperidine rings is 2. The van der Waals surface area contributed by atoms with Crippen molar-refractivity contribution in [3.63, 3.8) is 0 Å². The number of pyridine rings is 4. The number of anilines is 2. The Bertz CT molecular complexity index is 2840. The minimum atomic E-state index is -0.775. The quantitative estimate of drug-likeness (QED) is 0.112. The second-order valence-electron chi connectivity index (χ2n) is 16.0. The summed E-state index contributed by atoms with van der Waals surface area (Å²) in [5.41, 5.74) is 2.97. The summed E-state index contributed by atoms with van der Waals surface area (Å²) in [5, 5.41) is 15.5. The number of hydrogen-bond donors (Lipinski definition) is 4. The number of halogens is 8. The molecule has 4 N–H and O–H groups in total. The molecule has 16 heteroatoms. The van der Waals surface area contributed by atoms with Gasteiger partial charge in [0, 0.05) is 64.1 Å². The first-order chi connectivity index (χ1) is 32.0. The van der Waals surface area contributed by atoms with Gasteiger partial charge in [-0.15, -0.1) is 0 Å². The Kier molecular flexibility index (Phi) is 13.4. The van der Waals surface area contributed by atoms with Crippen molar-refractivity contribution in [1.82, 2.24) is 30.6 Å². The van der Waals surface area contributed by atoms with E-state index in [1.54, 1.807) is 48.7 Å². The Balaban J connectivity index is 0.000000166. The normalized spacial score (nSPS) is 14.5. The van der Waals surface area contributed by atoms with Crippen LogP contribution in [0.25, 0.3) is 66.6 Å². The van der Waals surface area contributed by atoms with Crippen LogP contribution < -0.4 is 21.3 Å². The monoisotopic (exact) mass is 936 g/mol. The van der Waals surface area contributed by atoms with E-state index >= 15 is 0 Å². The molecule has 66 heavy (non-hydrogen) atoms. The molecule has 6 heterocycles. The van der Waals surface area contributed by atoms with Crippen LogP contribution >= 0.6 is 23.2 Å². The molecule has 0 atom stereocenters. The highest BCUT2D eigenvalue weighted by Crippen LogP contribution is 2.41. The predicted octanol–water partition coefficient (Wildman–Crippen LogP) is 12.4. The number of aromatic nitrogens is 4. The van der Waals surface area contributed by atoms with Crippen molar-refractivity contribution in [1.29, 1.82) is 0 Å². The molecule has 2 fully saturated rings. The van der Waals surface area contributed by atoms with Crippen molar-refractivity contribution in [2.45, 2.75) is 37.8 Å². The lowest BCUT2D eigenvalue weighted by Gasteiger charge is -2.25. The average Bonchev–Trinajstić information content (AvgIpc) is 3.30. The van der Waals surface area contributed by atoms with E-state index in [9.17, 15) is 26.3 Å². The molecule has 0 spiro atoms. The number of fused-ring (bicyclic) bond motifs is 2. The fraction of sp³-hybridized carbons (Fsp3) is 0.200. The molecule has 2 aliphatic heterocycles. The first-order valence-corrected chi connectivity index (χ1v) is 22.1. The van der Waals surface area contributed by atoms with Crippen LogP contribution in [0.5, 0.6) is 0 Å². The molecular formula is C50H40Cl2F6N8. The zero-order chi connectivity index (χ0) is 45.9. The number of nitrogens with one attached hydrogen (secondary N) is 4. The van der Waals surface area contributed by atoms with Gasteiger partial charge in [-0.1, -0.05) is 35.3 Å². The minimum Gasteiger partial charge on any atom is -0.367 e. The van der Waals surface area contributed by atoms with Crippen LogP contribution in [0.1, 0.15) is 25.7 Å². The zero-order valence-corrected chi connectivity index (χ0v) is 36.5. The Labute approximate surface area is 385 Å². The zero-order valence-electron chi connectivity index (χ0n) is 35.0. The van der Waals surface area contributed by atoms with Crippen molar-refractivity contribution in [3.8, 4) is 44.8 Å². The molecule has 10 rings (SSSR count). The minimum absolute atomic E-state index is 0.0147. The van der Waals surface area contributed by atoms with Gasteiger partial charge in [-0.2, -0.15) is 0 Å². The van der Waals surface area contributed by atoms with Crippen LogP contribution in [0.3, 0.4) is 0 Å². The Morgan fingerprint density at radius 3 is 1.33 bits per heavy atom. The summed E-state index contributed by atoms with van der Waals surface area (Å²) in [6.45, 7) is 3.51. The lowest BCUT2D eigenvalue weighted by atomic mass is 9.98. The van der Waals surface area contributed by atoms with Crippen molar-refractivity contribution >= 4 is 56.6 Å². The molecule has 8 aromatic rings. The standard InChI is InChI=1S/C25H20Cl2F2N4.C25H20F4N4/c26-19-2-1-3-20(27)23(19)25-24-17(8-11-31-25)18(16-5-4-14(28)12-21(16)29)13-22(33-24)32-15-6-9-30-10-7-15;26-14-4-5-16(21(29)12-14)18-13-22(32-15-6-9-30-10-7-15)33-24-17(18)8-11-31-25(24)23-19(27)2-1-3-20(23)28/h2*1-5,8,11-13,15,30H,6-7,9-10H2,(H,32,33). The fourth-order valence-electron chi connectivity index (χ4n) is 8.48. The summed E-state index contributed by atoms with van der Waals surface area (Å²) in [4.78, 5) is 18.2. The topological polar surface area (TPSA) is 99.7 Å². The van der Waals surface area contributed by atoms with E-state index in [0.717, 1.165) is 76.1 Å². The summed E-state index contributed by atoms with van der Waals surface area (Å²) in [7, 11) is 0. The van der Waals surface area contributed by atoms with E-state index in [0.29, 0.717) is 60.4 Å². The molecule has 0 unspecified atom stereocenters. The van der Waals surface area contributed by atoms with E-state index in [1.807, 2.05) is 0 Å². The third-order valence-corrected chi connectivity index (χ3v) is 12.3. The first-order valence-electron chi connectivity index (χ1n) is 21.4. The van der Waals surface area contributed by atoms with Crippen molar-refractivity contribution in [3.05, 3.63) is 154 Å². The van der Waals surface area contributed by atoms with Gasteiger partial charge in [-0.25, -0.2) is 36.3 Å². The Morgan fingerprint density at radius 1 is 0.470 bits per heavy atom. The number of rotatable bonds is 8. The van der Waals surface area contributed by atoms with Gasteiger partial charge in [0.25, 0.3) is 0 Å². The molecule has 336 valence electrons. The van der Waals surface area contributed by atoms with Crippen LogP contribution in [0.2, 0.25) is 10.0 Å². The summed E-state index contributed by atoms with van der Waals surface area (Å²) in [6, 6.07) is 22.9. The maximum atomic E-state index is 14.9. The van der Waals surface area contributed by atoms with Crippen molar-refractivity contribution < 1.29 is 26.3 Å². The van der Waals surface area contributed by atoms with E-state index in [-0.39, 0.29) is 40.0 Å².